The zero-order chi connectivity index (χ0) is 13.9. The predicted molar refractivity (Wildman–Crippen MR) is 85.2 cm³/mol. The van der Waals surface area contributed by atoms with Gasteiger partial charge in [0.15, 0.2) is 0 Å². The largest absolute Gasteiger partial charge is 0.478 e. The van der Waals surface area contributed by atoms with Crippen molar-refractivity contribution in [3.63, 3.8) is 0 Å². The third kappa shape index (κ3) is 3.35. The lowest BCUT2D eigenvalue weighted by atomic mass is 10.1. The van der Waals surface area contributed by atoms with Crippen LogP contribution in [0.1, 0.15) is 11.1 Å². The van der Waals surface area contributed by atoms with E-state index >= 15 is 0 Å². The van der Waals surface area contributed by atoms with Crippen molar-refractivity contribution in [2.45, 2.75) is 13.0 Å². The van der Waals surface area contributed by atoms with E-state index < -0.39 is 0 Å². The van der Waals surface area contributed by atoms with Crippen molar-refractivity contribution >= 4 is 27.5 Å². The van der Waals surface area contributed by atoms with E-state index in [1.54, 1.807) is 0 Å². The molecule has 0 fully saturated rings. The molecule has 0 amide bonds. The van der Waals surface area contributed by atoms with Crippen molar-refractivity contribution in [3.8, 4) is 5.75 Å². The van der Waals surface area contributed by atoms with Crippen molar-refractivity contribution < 1.29 is 4.74 Å². The SMILES string of the molecule is Clc1ccc(CCN2COc3ccc(Br)cc3C2)cc1. The molecule has 0 atom stereocenters. The fraction of sp³-hybridized carbons (Fsp3) is 0.250. The highest BCUT2D eigenvalue weighted by Gasteiger charge is 2.17. The van der Waals surface area contributed by atoms with Crippen LogP contribution in [0.2, 0.25) is 5.02 Å². The molecule has 0 unspecified atom stereocenters. The fourth-order valence-electron chi connectivity index (χ4n) is 2.34. The number of rotatable bonds is 3. The second-order valence-corrected chi connectivity index (χ2v) is 6.31. The molecule has 1 aliphatic rings. The maximum absolute atomic E-state index is 5.90. The van der Waals surface area contributed by atoms with Crippen molar-refractivity contribution in [2.24, 2.45) is 0 Å². The van der Waals surface area contributed by atoms with Gasteiger partial charge in [-0.1, -0.05) is 39.7 Å². The number of halogens is 2. The predicted octanol–water partition coefficient (Wildman–Crippen LogP) is 4.50. The summed E-state index contributed by atoms with van der Waals surface area (Å²) in [6.45, 7) is 2.57. The Morgan fingerprint density at radius 3 is 2.75 bits per heavy atom. The lowest BCUT2D eigenvalue weighted by Crippen LogP contribution is -2.33. The van der Waals surface area contributed by atoms with Crippen LogP contribution < -0.4 is 4.74 Å². The first-order valence-electron chi connectivity index (χ1n) is 6.59. The average Bonchev–Trinajstić information content (AvgIpc) is 2.46. The summed E-state index contributed by atoms with van der Waals surface area (Å²) in [5, 5.41) is 0.786. The molecule has 0 aromatic heterocycles. The molecule has 2 aromatic rings. The Balaban J connectivity index is 1.61. The first-order valence-corrected chi connectivity index (χ1v) is 7.76. The molecule has 2 aromatic carbocycles. The Hall–Kier alpha value is -1.03. The summed E-state index contributed by atoms with van der Waals surface area (Å²) >= 11 is 9.40. The highest BCUT2D eigenvalue weighted by Crippen LogP contribution is 2.27. The molecule has 3 rings (SSSR count). The zero-order valence-corrected chi connectivity index (χ0v) is 13.3. The minimum atomic E-state index is 0.655. The van der Waals surface area contributed by atoms with Crippen LogP contribution in [-0.4, -0.2) is 18.2 Å². The first-order chi connectivity index (χ1) is 9.70. The van der Waals surface area contributed by atoms with Crippen LogP contribution in [0.3, 0.4) is 0 Å². The van der Waals surface area contributed by atoms with Crippen molar-refractivity contribution in [3.05, 3.63) is 63.1 Å². The van der Waals surface area contributed by atoms with Gasteiger partial charge in [0.2, 0.25) is 0 Å². The normalized spacial score (nSPS) is 14.7. The van der Waals surface area contributed by atoms with E-state index in [1.165, 1.54) is 11.1 Å². The van der Waals surface area contributed by atoms with Crippen LogP contribution >= 0.6 is 27.5 Å². The second-order valence-electron chi connectivity index (χ2n) is 4.95. The third-order valence-corrected chi connectivity index (χ3v) is 4.19. The number of hydrogen-bond donors (Lipinski definition) is 0. The third-order valence-electron chi connectivity index (χ3n) is 3.45. The van der Waals surface area contributed by atoms with Crippen molar-refractivity contribution in [2.75, 3.05) is 13.3 Å². The topological polar surface area (TPSA) is 12.5 Å². The molecule has 0 spiro atoms. The summed E-state index contributed by atoms with van der Waals surface area (Å²) in [4.78, 5) is 2.31. The van der Waals surface area contributed by atoms with Crippen LogP contribution in [0.4, 0.5) is 0 Å². The monoisotopic (exact) mass is 351 g/mol. The minimum absolute atomic E-state index is 0.655. The Morgan fingerprint density at radius 2 is 1.95 bits per heavy atom. The molecular formula is C16H15BrClNO. The number of fused-ring (bicyclic) bond motifs is 1. The molecule has 0 radical (unpaired) electrons. The first kappa shape index (κ1) is 13.9. The number of hydrogen-bond acceptors (Lipinski definition) is 2. The number of ether oxygens (including phenoxy) is 1. The number of benzene rings is 2. The molecule has 0 N–H and O–H groups in total. The zero-order valence-electron chi connectivity index (χ0n) is 11.0. The molecule has 20 heavy (non-hydrogen) atoms. The van der Waals surface area contributed by atoms with Crippen LogP contribution in [0, 0.1) is 0 Å². The Kier molecular flexibility index (Phi) is 4.29. The van der Waals surface area contributed by atoms with Gasteiger partial charge in [0.05, 0.1) is 0 Å². The van der Waals surface area contributed by atoms with Crippen LogP contribution in [0.5, 0.6) is 5.75 Å². The molecule has 0 saturated carbocycles. The average molecular weight is 353 g/mol. The Morgan fingerprint density at radius 1 is 1.15 bits per heavy atom. The summed E-state index contributed by atoms with van der Waals surface area (Å²) in [5.74, 6) is 0.996. The second kappa shape index (κ2) is 6.17. The van der Waals surface area contributed by atoms with Gasteiger partial charge in [-0.25, -0.2) is 0 Å². The smallest absolute Gasteiger partial charge is 0.142 e. The van der Waals surface area contributed by atoms with Crippen LogP contribution in [0.15, 0.2) is 46.9 Å². The molecule has 0 bridgehead atoms. The summed E-state index contributed by atoms with van der Waals surface area (Å²) in [5.41, 5.74) is 2.54. The fourth-order valence-corrected chi connectivity index (χ4v) is 2.88. The lowest BCUT2D eigenvalue weighted by Gasteiger charge is -2.29. The number of nitrogens with zero attached hydrogens (tertiary/aromatic N) is 1. The van der Waals surface area contributed by atoms with Gasteiger partial charge in [-0.05, 0) is 42.3 Å². The van der Waals surface area contributed by atoms with Gasteiger partial charge in [0.1, 0.15) is 12.5 Å². The van der Waals surface area contributed by atoms with E-state index in [-0.39, 0.29) is 0 Å². The van der Waals surface area contributed by atoms with Gasteiger partial charge < -0.3 is 4.74 Å². The van der Waals surface area contributed by atoms with E-state index in [1.807, 2.05) is 24.3 Å². The van der Waals surface area contributed by atoms with Crippen molar-refractivity contribution in [1.29, 1.82) is 0 Å². The van der Waals surface area contributed by atoms with Gasteiger partial charge in [-0.15, -0.1) is 0 Å². The van der Waals surface area contributed by atoms with Gasteiger partial charge in [-0.3, -0.25) is 4.90 Å². The molecule has 1 heterocycles. The molecule has 104 valence electrons. The van der Waals surface area contributed by atoms with Gasteiger partial charge in [0.25, 0.3) is 0 Å². The molecular weight excluding hydrogens is 338 g/mol. The summed E-state index contributed by atoms with van der Waals surface area (Å²) in [6, 6.07) is 14.2. The Bertz CT molecular complexity index is 600. The molecule has 2 nitrogen and oxygen atoms in total. The van der Waals surface area contributed by atoms with Gasteiger partial charge in [-0.2, -0.15) is 0 Å². The van der Waals surface area contributed by atoms with Crippen molar-refractivity contribution in [1.82, 2.24) is 4.90 Å². The molecule has 0 saturated heterocycles. The molecule has 1 aliphatic heterocycles. The van der Waals surface area contributed by atoms with E-state index in [4.69, 9.17) is 16.3 Å². The summed E-state index contributed by atoms with van der Waals surface area (Å²) in [6.07, 6.45) is 1.00. The highest BCUT2D eigenvalue weighted by molar-refractivity contribution is 9.10. The summed E-state index contributed by atoms with van der Waals surface area (Å²) in [7, 11) is 0. The lowest BCUT2D eigenvalue weighted by molar-refractivity contribution is 0.0965. The van der Waals surface area contributed by atoms with E-state index in [9.17, 15) is 0 Å². The van der Waals surface area contributed by atoms with E-state index in [2.05, 4.69) is 39.0 Å². The van der Waals surface area contributed by atoms with Crippen LogP contribution in [-0.2, 0) is 13.0 Å². The highest BCUT2D eigenvalue weighted by atomic mass is 79.9. The quantitative estimate of drug-likeness (QED) is 0.806. The van der Waals surface area contributed by atoms with Gasteiger partial charge in [0, 0.05) is 28.1 Å². The Labute approximate surface area is 132 Å². The molecule has 0 aliphatic carbocycles. The maximum Gasteiger partial charge on any atom is 0.142 e. The summed E-state index contributed by atoms with van der Waals surface area (Å²) < 4.78 is 6.88. The van der Waals surface area contributed by atoms with Crippen LogP contribution in [0.25, 0.3) is 0 Å². The van der Waals surface area contributed by atoms with E-state index in [0.29, 0.717) is 6.73 Å². The standard InChI is InChI=1S/C16H15BrClNO/c17-14-3-6-16-13(9-14)10-19(11-20-16)8-7-12-1-4-15(18)5-2-12/h1-6,9H,7-8,10-11H2. The van der Waals surface area contributed by atoms with E-state index in [0.717, 1.165) is 34.8 Å². The minimum Gasteiger partial charge on any atom is -0.478 e. The molecule has 4 heteroatoms. The maximum atomic E-state index is 5.90. The van der Waals surface area contributed by atoms with Gasteiger partial charge >= 0.3 is 0 Å².